The molecule has 33 heavy (non-hydrogen) atoms. The van der Waals surface area contributed by atoms with Crippen molar-refractivity contribution < 1.29 is 41.8 Å². The number of hydrogen-bond acceptors (Lipinski definition) is 8. The van der Waals surface area contributed by atoms with Crippen LogP contribution < -0.4 is 15.4 Å². The third-order valence-electron chi connectivity index (χ3n) is 4.82. The number of rotatable bonds is 8. The maximum absolute atomic E-state index is 14.4. The van der Waals surface area contributed by atoms with E-state index in [4.69, 9.17) is 9.47 Å². The van der Waals surface area contributed by atoms with Gasteiger partial charge in [0.2, 0.25) is 0 Å². The summed E-state index contributed by atoms with van der Waals surface area (Å²) in [5.41, 5.74) is -3.67. The summed E-state index contributed by atoms with van der Waals surface area (Å²) in [6.45, 7) is 3.33. The first-order valence-corrected chi connectivity index (χ1v) is 10.4. The van der Waals surface area contributed by atoms with Crippen LogP contribution in [0.15, 0.2) is 24.3 Å². The van der Waals surface area contributed by atoms with Crippen molar-refractivity contribution in [2.24, 2.45) is 0 Å². The number of thiophene rings is 1. The first-order chi connectivity index (χ1) is 15.5. The molecule has 0 spiro atoms. The van der Waals surface area contributed by atoms with E-state index in [9.17, 15) is 27.6 Å². The van der Waals surface area contributed by atoms with Crippen LogP contribution in [-0.2, 0) is 20.7 Å². The maximum atomic E-state index is 14.4. The molecule has 1 unspecified atom stereocenters. The lowest BCUT2D eigenvalue weighted by Gasteiger charge is -2.35. The standard InChI is InChI=1S/C21H23F3N2O6S/c1-6-12-11(2)33-17(15(12)18(28)31-4)26-20(19(29)32-5,21(22,23)24)25-16(27)13-9-7-8-10-14(13)30-3/h7-10,26H,6H2,1-5H3,(H,25,27). The normalized spacial score (nSPS) is 13.0. The summed E-state index contributed by atoms with van der Waals surface area (Å²) in [6.07, 6.45) is -5.06. The Morgan fingerprint density at radius 1 is 1.06 bits per heavy atom. The van der Waals surface area contributed by atoms with Gasteiger partial charge < -0.3 is 24.8 Å². The van der Waals surface area contributed by atoms with Crippen LogP contribution in [0.1, 0.15) is 38.1 Å². The molecular formula is C21H23F3N2O6S. The lowest BCUT2D eigenvalue weighted by atomic mass is 10.1. The fraction of sp³-hybridized carbons (Fsp3) is 0.381. The van der Waals surface area contributed by atoms with Gasteiger partial charge in [-0.25, -0.2) is 9.59 Å². The van der Waals surface area contributed by atoms with Crippen LogP contribution >= 0.6 is 11.3 Å². The molecule has 12 heteroatoms. The number of ether oxygens (including phenoxy) is 3. The van der Waals surface area contributed by atoms with Crippen LogP contribution in [0, 0.1) is 6.92 Å². The third kappa shape index (κ3) is 4.90. The number of amides is 1. The number of carbonyl (C=O) groups excluding carboxylic acids is 3. The summed E-state index contributed by atoms with van der Waals surface area (Å²) in [5, 5.41) is 3.46. The largest absolute Gasteiger partial charge is 0.496 e. The molecule has 0 aliphatic heterocycles. The number of hydrogen-bond donors (Lipinski definition) is 2. The zero-order valence-corrected chi connectivity index (χ0v) is 19.3. The summed E-state index contributed by atoms with van der Waals surface area (Å²) in [6, 6.07) is 5.55. The highest BCUT2D eigenvalue weighted by atomic mass is 32.1. The van der Waals surface area contributed by atoms with Gasteiger partial charge >= 0.3 is 23.8 Å². The number of anilines is 1. The Labute approximate surface area is 192 Å². The van der Waals surface area contributed by atoms with Crippen LogP contribution in [0.3, 0.4) is 0 Å². The number of para-hydroxylation sites is 1. The number of alkyl halides is 3. The van der Waals surface area contributed by atoms with E-state index in [2.05, 4.69) is 4.74 Å². The quantitative estimate of drug-likeness (QED) is 0.432. The molecule has 0 aliphatic rings. The molecule has 0 aliphatic carbocycles. The van der Waals surface area contributed by atoms with Crippen LogP contribution in [0.2, 0.25) is 0 Å². The van der Waals surface area contributed by atoms with Gasteiger partial charge in [0.1, 0.15) is 10.8 Å². The summed E-state index contributed by atoms with van der Waals surface area (Å²) < 4.78 is 57.5. The molecule has 0 saturated carbocycles. The molecule has 0 radical (unpaired) electrons. The van der Waals surface area contributed by atoms with E-state index >= 15 is 0 Å². The molecule has 180 valence electrons. The van der Waals surface area contributed by atoms with Gasteiger partial charge in [-0.3, -0.25) is 4.79 Å². The Morgan fingerprint density at radius 3 is 2.21 bits per heavy atom. The molecule has 2 aromatic rings. The zero-order valence-electron chi connectivity index (χ0n) is 18.5. The molecule has 1 aromatic carbocycles. The highest BCUT2D eigenvalue weighted by Crippen LogP contribution is 2.40. The van der Waals surface area contributed by atoms with Gasteiger partial charge in [-0.2, -0.15) is 13.2 Å². The summed E-state index contributed by atoms with van der Waals surface area (Å²) in [4.78, 5) is 38.3. The van der Waals surface area contributed by atoms with Gasteiger partial charge in [0.15, 0.2) is 0 Å². The molecule has 1 atom stereocenters. The van der Waals surface area contributed by atoms with Crippen LogP contribution in [0.25, 0.3) is 0 Å². The van der Waals surface area contributed by atoms with E-state index in [1.54, 1.807) is 19.2 Å². The number of esters is 2. The Bertz CT molecular complexity index is 1050. The maximum Gasteiger partial charge on any atom is 0.441 e. The van der Waals surface area contributed by atoms with Gasteiger partial charge in [0, 0.05) is 4.88 Å². The van der Waals surface area contributed by atoms with Gasteiger partial charge in [-0.15, -0.1) is 11.3 Å². The molecule has 1 heterocycles. The lowest BCUT2D eigenvalue weighted by Crippen LogP contribution is -2.69. The minimum Gasteiger partial charge on any atom is -0.496 e. The van der Waals surface area contributed by atoms with Gasteiger partial charge in [-0.1, -0.05) is 19.1 Å². The number of carbonyl (C=O) groups is 3. The minimum atomic E-state index is -5.38. The van der Waals surface area contributed by atoms with E-state index in [0.717, 1.165) is 25.6 Å². The van der Waals surface area contributed by atoms with Crippen LogP contribution in [-0.4, -0.2) is 51.0 Å². The Balaban J connectivity index is 2.69. The molecule has 8 nitrogen and oxygen atoms in total. The fourth-order valence-electron chi connectivity index (χ4n) is 3.19. The van der Waals surface area contributed by atoms with Crippen molar-refractivity contribution in [3.63, 3.8) is 0 Å². The Kier molecular flexibility index (Phi) is 7.96. The SMILES string of the molecule is CCc1c(C)sc(NC(NC(=O)c2ccccc2OC)(C(=O)OC)C(F)(F)F)c1C(=O)OC. The van der Waals surface area contributed by atoms with E-state index in [1.165, 1.54) is 31.4 Å². The predicted octanol–water partition coefficient (Wildman–Crippen LogP) is 3.69. The molecule has 0 fully saturated rings. The second-order valence-electron chi connectivity index (χ2n) is 6.70. The van der Waals surface area contributed by atoms with E-state index < -0.39 is 29.7 Å². The molecular weight excluding hydrogens is 465 g/mol. The lowest BCUT2D eigenvalue weighted by molar-refractivity contribution is -0.203. The van der Waals surface area contributed by atoms with Crippen LogP contribution in [0.5, 0.6) is 5.75 Å². The average Bonchev–Trinajstić information content (AvgIpc) is 3.10. The van der Waals surface area contributed by atoms with Crippen molar-refractivity contribution in [3.05, 3.63) is 45.8 Å². The molecule has 0 bridgehead atoms. The summed E-state index contributed by atoms with van der Waals surface area (Å²) >= 11 is 0.815. The van der Waals surface area contributed by atoms with Crippen molar-refractivity contribution in [2.45, 2.75) is 32.1 Å². The molecule has 0 saturated heterocycles. The number of halogens is 3. The Hall–Kier alpha value is -3.28. The molecule has 2 rings (SSSR count). The average molecular weight is 488 g/mol. The first kappa shape index (κ1) is 26.0. The smallest absolute Gasteiger partial charge is 0.441 e. The molecule has 1 amide bonds. The molecule has 2 N–H and O–H groups in total. The number of benzene rings is 1. The monoisotopic (exact) mass is 488 g/mol. The van der Waals surface area contributed by atoms with Gasteiger partial charge in [-0.05, 0) is 31.0 Å². The van der Waals surface area contributed by atoms with E-state index in [-0.39, 0.29) is 21.9 Å². The fourth-order valence-corrected chi connectivity index (χ4v) is 4.38. The third-order valence-corrected chi connectivity index (χ3v) is 5.89. The molecule has 1 aromatic heterocycles. The second-order valence-corrected chi connectivity index (χ2v) is 7.93. The number of aryl methyl sites for hydroxylation is 1. The summed E-state index contributed by atoms with van der Waals surface area (Å²) in [5.74, 6) is -3.99. The van der Waals surface area contributed by atoms with E-state index in [1.807, 2.05) is 5.32 Å². The predicted molar refractivity (Wildman–Crippen MR) is 115 cm³/mol. The first-order valence-electron chi connectivity index (χ1n) is 9.56. The van der Waals surface area contributed by atoms with Crippen molar-refractivity contribution >= 4 is 34.2 Å². The van der Waals surface area contributed by atoms with Crippen molar-refractivity contribution in [1.29, 1.82) is 0 Å². The number of methoxy groups -OCH3 is 3. The topological polar surface area (TPSA) is 103 Å². The van der Waals surface area contributed by atoms with Gasteiger partial charge in [0.25, 0.3) is 5.91 Å². The highest BCUT2D eigenvalue weighted by molar-refractivity contribution is 7.16. The van der Waals surface area contributed by atoms with Crippen molar-refractivity contribution in [1.82, 2.24) is 5.32 Å². The number of nitrogens with one attached hydrogen (secondary N) is 2. The minimum absolute atomic E-state index is 0.00794. The summed E-state index contributed by atoms with van der Waals surface area (Å²) in [7, 11) is 3.07. The highest BCUT2D eigenvalue weighted by Gasteiger charge is 2.64. The van der Waals surface area contributed by atoms with Gasteiger partial charge in [0.05, 0.1) is 32.5 Å². The van der Waals surface area contributed by atoms with Crippen molar-refractivity contribution in [3.8, 4) is 5.75 Å². The Morgan fingerprint density at radius 2 is 1.70 bits per heavy atom. The van der Waals surface area contributed by atoms with E-state index in [0.29, 0.717) is 16.9 Å². The second kappa shape index (κ2) is 10.1. The van der Waals surface area contributed by atoms with Crippen molar-refractivity contribution in [2.75, 3.05) is 26.6 Å². The zero-order chi connectivity index (χ0) is 25.0. The van der Waals surface area contributed by atoms with Crippen LogP contribution in [0.4, 0.5) is 18.2 Å².